The summed E-state index contributed by atoms with van der Waals surface area (Å²) in [6, 6.07) is 9.30. The molecule has 1 N–H and O–H groups in total. The van der Waals surface area contributed by atoms with Crippen LogP contribution >= 0.6 is 0 Å². The maximum absolute atomic E-state index is 5.26. The van der Waals surface area contributed by atoms with Crippen LogP contribution in [0.15, 0.2) is 24.3 Å². The van der Waals surface area contributed by atoms with E-state index in [1.807, 2.05) is 0 Å². The third kappa shape index (κ3) is 4.45. The van der Waals surface area contributed by atoms with Crippen LogP contribution in [0.5, 0.6) is 0 Å². The Kier molecular flexibility index (Phi) is 5.65. The summed E-state index contributed by atoms with van der Waals surface area (Å²) in [5.74, 6) is 0. The van der Waals surface area contributed by atoms with Crippen molar-refractivity contribution in [2.75, 3.05) is 38.3 Å². The Labute approximate surface area is 129 Å². The van der Waals surface area contributed by atoms with Crippen molar-refractivity contribution in [3.8, 4) is 0 Å². The van der Waals surface area contributed by atoms with Gasteiger partial charge in [-0.3, -0.25) is 0 Å². The fraction of sp³-hybridized carbons (Fsp3) is 0.667. The molecule has 0 saturated carbocycles. The standard InChI is InChI=1S/C18H30N2O/c1-18(2,3)17-14-20(12-7-11-19-17)16-9-6-5-8-15(16)10-13-21-4/h5-6,8-9,17,19H,7,10-14H2,1-4H3. The Hall–Kier alpha value is -1.06. The summed E-state index contributed by atoms with van der Waals surface area (Å²) in [6.45, 7) is 11.1. The molecule has 1 saturated heterocycles. The summed E-state index contributed by atoms with van der Waals surface area (Å²) in [5.41, 5.74) is 3.06. The summed E-state index contributed by atoms with van der Waals surface area (Å²) >= 11 is 0. The van der Waals surface area contributed by atoms with E-state index in [-0.39, 0.29) is 5.41 Å². The van der Waals surface area contributed by atoms with Crippen molar-refractivity contribution in [3.63, 3.8) is 0 Å². The smallest absolute Gasteiger partial charge is 0.0503 e. The van der Waals surface area contributed by atoms with Crippen molar-refractivity contribution < 1.29 is 4.74 Å². The fourth-order valence-electron chi connectivity index (χ4n) is 2.96. The van der Waals surface area contributed by atoms with E-state index in [2.05, 4.69) is 55.3 Å². The molecule has 1 atom stereocenters. The highest BCUT2D eigenvalue weighted by Crippen LogP contribution is 2.27. The predicted molar refractivity (Wildman–Crippen MR) is 90.1 cm³/mol. The molecule has 3 nitrogen and oxygen atoms in total. The van der Waals surface area contributed by atoms with Gasteiger partial charge in [-0.15, -0.1) is 0 Å². The van der Waals surface area contributed by atoms with Gasteiger partial charge in [0.05, 0.1) is 6.61 Å². The van der Waals surface area contributed by atoms with Crippen molar-refractivity contribution in [1.82, 2.24) is 5.32 Å². The minimum absolute atomic E-state index is 0.282. The number of methoxy groups -OCH3 is 1. The molecule has 0 amide bonds. The van der Waals surface area contributed by atoms with Gasteiger partial charge in [0.2, 0.25) is 0 Å². The van der Waals surface area contributed by atoms with E-state index in [1.165, 1.54) is 17.7 Å². The number of rotatable bonds is 4. The van der Waals surface area contributed by atoms with Gasteiger partial charge in [0.1, 0.15) is 0 Å². The van der Waals surface area contributed by atoms with Crippen LogP contribution in [0.1, 0.15) is 32.8 Å². The lowest BCUT2D eigenvalue weighted by Gasteiger charge is -2.35. The van der Waals surface area contributed by atoms with Crippen LogP contribution in [0.25, 0.3) is 0 Å². The van der Waals surface area contributed by atoms with Crippen molar-refractivity contribution >= 4 is 5.69 Å². The first kappa shape index (κ1) is 16.3. The van der Waals surface area contributed by atoms with Crippen molar-refractivity contribution in [2.45, 2.75) is 39.7 Å². The minimum atomic E-state index is 0.282. The zero-order chi connectivity index (χ0) is 15.3. The van der Waals surface area contributed by atoms with E-state index in [4.69, 9.17) is 4.74 Å². The molecule has 0 radical (unpaired) electrons. The van der Waals surface area contributed by atoms with E-state index in [0.717, 1.165) is 32.7 Å². The highest BCUT2D eigenvalue weighted by molar-refractivity contribution is 5.54. The SMILES string of the molecule is COCCc1ccccc1N1CCCNC(C(C)(C)C)C1. The second-order valence-corrected chi connectivity index (χ2v) is 7.04. The van der Waals surface area contributed by atoms with E-state index < -0.39 is 0 Å². The van der Waals surface area contributed by atoms with Crippen LogP contribution in [-0.2, 0) is 11.2 Å². The molecule has 0 aromatic heterocycles. The quantitative estimate of drug-likeness (QED) is 0.922. The van der Waals surface area contributed by atoms with Crippen LogP contribution in [0.4, 0.5) is 5.69 Å². The lowest BCUT2D eigenvalue weighted by Crippen LogP contribution is -2.46. The minimum Gasteiger partial charge on any atom is -0.384 e. The first-order chi connectivity index (χ1) is 10.0. The van der Waals surface area contributed by atoms with Gasteiger partial charge in [-0.2, -0.15) is 0 Å². The molecule has 1 aromatic rings. The summed E-state index contributed by atoms with van der Waals surface area (Å²) in [6.07, 6.45) is 2.18. The molecule has 118 valence electrons. The maximum Gasteiger partial charge on any atom is 0.0503 e. The number of para-hydroxylation sites is 1. The van der Waals surface area contributed by atoms with Gasteiger partial charge in [-0.05, 0) is 36.4 Å². The van der Waals surface area contributed by atoms with Gasteiger partial charge in [-0.1, -0.05) is 39.0 Å². The molecule has 1 fully saturated rings. The molecule has 1 unspecified atom stereocenters. The normalized spacial score (nSPS) is 20.4. The van der Waals surface area contributed by atoms with E-state index in [9.17, 15) is 0 Å². The van der Waals surface area contributed by atoms with Gasteiger partial charge in [0.15, 0.2) is 0 Å². The highest BCUT2D eigenvalue weighted by atomic mass is 16.5. The highest BCUT2D eigenvalue weighted by Gasteiger charge is 2.28. The van der Waals surface area contributed by atoms with E-state index in [0.29, 0.717) is 6.04 Å². The Balaban J connectivity index is 2.19. The van der Waals surface area contributed by atoms with E-state index in [1.54, 1.807) is 7.11 Å². The molecular formula is C18H30N2O. The third-order valence-electron chi connectivity index (χ3n) is 4.35. The molecule has 1 aliphatic heterocycles. The Morgan fingerprint density at radius 1 is 1.29 bits per heavy atom. The Morgan fingerprint density at radius 3 is 2.76 bits per heavy atom. The van der Waals surface area contributed by atoms with Crippen molar-refractivity contribution in [2.24, 2.45) is 5.41 Å². The topological polar surface area (TPSA) is 24.5 Å². The van der Waals surface area contributed by atoms with Gasteiger partial charge < -0.3 is 15.0 Å². The maximum atomic E-state index is 5.26. The van der Waals surface area contributed by atoms with Gasteiger partial charge in [-0.25, -0.2) is 0 Å². The second-order valence-electron chi connectivity index (χ2n) is 7.04. The Bertz CT molecular complexity index is 439. The number of hydrogen-bond donors (Lipinski definition) is 1. The molecule has 1 aliphatic rings. The largest absolute Gasteiger partial charge is 0.384 e. The van der Waals surface area contributed by atoms with Crippen molar-refractivity contribution in [3.05, 3.63) is 29.8 Å². The van der Waals surface area contributed by atoms with Gasteiger partial charge >= 0.3 is 0 Å². The molecule has 3 heteroatoms. The molecule has 2 rings (SSSR count). The molecular weight excluding hydrogens is 260 g/mol. The molecule has 21 heavy (non-hydrogen) atoms. The lowest BCUT2D eigenvalue weighted by molar-refractivity contribution is 0.202. The number of ether oxygens (including phenoxy) is 1. The van der Waals surface area contributed by atoms with Gasteiger partial charge in [0.25, 0.3) is 0 Å². The number of anilines is 1. The van der Waals surface area contributed by atoms with Crippen LogP contribution in [0, 0.1) is 5.41 Å². The fourth-order valence-corrected chi connectivity index (χ4v) is 2.96. The van der Waals surface area contributed by atoms with Crippen molar-refractivity contribution in [1.29, 1.82) is 0 Å². The van der Waals surface area contributed by atoms with Crippen LogP contribution < -0.4 is 10.2 Å². The monoisotopic (exact) mass is 290 g/mol. The lowest BCUT2D eigenvalue weighted by atomic mass is 9.86. The summed E-state index contributed by atoms with van der Waals surface area (Å²) in [5, 5.41) is 3.72. The van der Waals surface area contributed by atoms with Crippen LogP contribution in [0.2, 0.25) is 0 Å². The second kappa shape index (κ2) is 7.28. The molecule has 0 bridgehead atoms. The summed E-state index contributed by atoms with van der Waals surface area (Å²) < 4.78 is 5.26. The van der Waals surface area contributed by atoms with Gasteiger partial charge in [0, 0.05) is 31.9 Å². The van der Waals surface area contributed by atoms with Crippen LogP contribution in [-0.4, -0.2) is 39.4 Å². The molecule has 0 aliphatic carbocycles. The summed E-state index contributed by atoms with van der Waals surface area (Å²) in [7, 11) is 1.77. The number of benzene rings is 1. The number of nitrogens with one attached hydrogen (secondary N) is 1. The first-order valence-corrected chi connectivity index (χ1v) is 8.07. The number of nitrogens with zero attached hydrogens (tertiary/aromatic N) is 1. The van der Waals surface area contributed by atoms with Crippen LogP contribution in [0.3, 0.4) is 0 Å². The zero-order valence-electron chi connectivity index (χ0n) is 14.0. The summed E-state index contributed by atoms with van der Waals surface area (Å²) in [4.78, 5) is 2.56. The molecule has 0 spiro atoms. The third-order valence-corrected chi connectivity index (χ3v) is 4.35. The number of hydrogen-bond acceptors (Lipinski definition) is 3. The molecule has 1 heterocycles. The average molecular weight is 290 g/mol. The average Bonchev–Trinajstić information content (AvgIpc) is 2.71. The zero-order valence-corrected chi connectivity index (χ0v) is 14.0. The molecule has 1 aromatic carbocycles. The Morgan fingerprint density at radius 2 is 2.05 bits per heavy atom. The van der Waals surface area contributed by atoms with E-state index >= 15 is 0 Å². The first-order valence-electron chi connectivity index (χ1n) is 8.07. The predicted octanol–water partition coefficient (Wildman–Crippen LogP) is 3.09.